The highest BCUT2D eigenvalue weighted by molar-refractivity contribution is 5.94. The molecule has 0 saturated carbocycles. The lowest BCUT2D eigenvalue weighted by atomic mass is 10.1. The van der Waals surface area contributed by atoms with Crippen LogP contribution in [0, 0.1) is 17.0 Å². The maximum Gasteiger partial charge on any atom is 0.311 e. The summed E-state index contributed by atoms with van der Waals surface area (Å²) in [5.41, 5.74) is 0.599. The van der Waals surface area contributed by atoms with E-state index < -0.39 is 23.4 Å². The Morgan fingerprint density at radius 3 is 2.54 bits per heavy atom. The van der Waals surface area contributed by atoms with Gasteiger partial charge >= 0.3 is 11.7 Å². The van der Waals surface area contributed by atoms with Crippen LogP contribution < -0.4 is 14.8 Å². The molecule has 0 aliphatic carbocycles. The van der Waals surface area contributed by atoms with Gasteiger partial charge in [-0.2, -0.15) is 0 Å². The van der Waals surface area contributed by atoms with Crippen molar-refractivity contribution in [2.45, 2.75) is 13.3 Å². The Morgan fingerprint density at radius 2 is 1.89 bits per heavy atom. The number of carbonyl (C=O) groups excluding carboxylic acids is 2. The zero-order chi connectivity index (χ0) is 20.5. The number of ether oxygens (including phenoxy) is 3. The van der Waals surface area contributed by atoms with E-state index in [1.165, 1.54) is 19.2 Å². The second-order valence-electron chi connectivity index (χ2n) is 5.72. The summed E-state index contributed by atoms with van der Waals surface area (Å²) in [6, 6.07) is 11.6. The van der Waals surface area contributed by atoms with E-state index in [1.807, 2.05) is 18.2 Å². The number of methoxy groups -OCH3 is 1. The molecule has 1 N–H and O–H groups in total. The van der Waals surface area contributed by atoms with Gasteiger partial charge in [0, 0.05) is 17.8 Å². The largest absolute Gasteiger partial charge is 0.493 e. The lowest BCUT2D eigenvalue weighted by molar-refractivity contribution is -0.385. The minimum Gasteiger partial charge on any atom is -0.493 e. The zero-order valence-corrected chi connectivity index (χ0v) is 15.5. The van der Waals surface area contributed by atoms with Gasteiger partial charge in [0.05, 0.1) is 25.1 Å². The molecule has 0 atom stereocenters. The molecule has 148 valence electrons. The molecule has 0 heterocycles. The molecule has 28 heavy (non-hydrogen) atoms. The highest BCUT2D eigenvalue weighted by Crippen LogP contribution is 2.32. The summed E-state index contributed by atoms with van der Waals surface area (Å²) in [5, 5.41) is 13.5. The van der Waals surface area contributed by atoms with Crippen molar-refractivity contribution in [1.29, 1.82) is 0 Å². The van der Waals surface area contributed by atoms with Gasteiger partial charge in [0.15, 0.2) is 12.4 Å². The average molecular weight is 388 g/mol. The number of rotatable bonds is 9. The molecule has 9 heteroatoms. The predicted molar refractivity (Wildman–Crippen MR) is 101 cm³/mol. The van der Waals surface area contributed by atoms with Crippen molar-refractivity contribution in [2.75, 3.05) is 25.6 Å². The molecule has 0 spiro atoms. The lowest BCUT2D eigenvalue weighted by Crippen LogP contribution is -2.22. The number of esters is 1. The van der Waals surface area contributed by atoms with E-state index in [2.05, 4.69) is 5.32 Å². The van der Waals surface area contributed by atoms with Crippen LogP contribution in [0.5, 0.6) is 11.5 Å². The van der Waals surface area contributed by atoms with E-state index in [0.717, 1.165) is 0 Å². The molecule has 0 aliphatic rings. The number of amides is 1. The molecule has 0 unspecified atom stereocenters. The number of nitrogens with zero attached hydrogens (tertiary/aromatic N) is 1. The van der Waals surface area contributed by atoms with Crippen LogP contribution in [0.15, 0.2) is 42.5 Å². The second-order valence-corrected chi connectivity index (χ2v) is 5.72. The number of carbonyl (C=O) groups is 2. The fraction of sp³-hybridized carbons (Fsp3) is 0.263. The lowest BCUT2D eigenvalue weighted by Gasteiger charge is -2.11. The monoisotopic (exact) mass is 388 g/mol. The summed E-state index contributed by atoms with van der Waals surface area (Å²) in [6.45, 7) is 1.25. The van der Waals surface area contributed by atoms with Gasteiger partial charge in [0.25, 0.3) is 5.91 Å². The van der Waals surface area contributed by atoms with Crippen molar-refractivity contribution in [3.63, 3.8) is 0 Å². The summed E-state index contributed by atoms with van der Waals surface area (Å²) in [5.74, 6) is -0.503. The number of aryl methyl sites for hydroxylation is 1. The Balaban J connectivity index is 1.82. The van der Waals surface area contributed by atoms with Crippen molar-refractivity contribution in [3.05, 3.63) is 58.1 Å². The number of nitro benzene ring substituents is 1. The first-order valence-corrected chi connectivity index (χ1v) is 8.37. The van der Waals surface area contributed by atoms with E-state index in [9.17, 15) is 19.7 Å². The van der Waals surface area contributed by atoms with E-state index in [4.69, 9.17) is 14.2 Å². The van der Waals surface area contributed by atoms with Crippen LogP contribution in [-0.2, 0) is 14.3 Å². The molecule has 0 bridgehead atoms. The molecule has 0 aliphatic heterocycles. The first-order chi connectivity index (χ1) is 13.4. The highest BCUT2D eigenvalue weighted by atomic mass is 16.6. The van der Waals surface area contributed by atoms with Crippen LogP contribution in [0.25, 0.3) is 0 Å². The van der Waals surface area contributed by atoms with Crippen molar-refractivity contribution in [2.24, 2.45) is 0 Å². The minimum absolute atomic E-state index is 0.00738. The van der Waals surface area contributed by atoms with Crippen LogP contribution in [0.1, 0.15) is 12.0 Å². The first kappa shape index (κ1) is 20.7. The Labute approximate surface area is 161 Å². The number of hydrogen-bond acceptors (Lipinski definition) is 7. The third kappa shape index (κ3) is 5.97. The second kappa shape index (κ2) is 9.91. The quantitative estimate of drug-likeness (QED) is 0.399. The van der Waals surface area contributed by atoms with E-state index in [-0.39, 0.29) is 24.5 Å². The number of nitrogens with one attached hydrogen (secondary N) is 1. The SMILES string of the molecule is COc1cc(NC(=O)COC(=O)CCOc2ccccc2)c(C)cc1[N+](=O)[O-]. The van der Waals surface area contributed by atoms with Gasteiger partial charge < -0.3 is 19.5 Å². The highest BCUT2D eigenvalue weighted by Gasteiger charge is 2.18. The minimum atomic E-state index is -0.580. The van der Waals surface area contributed by atoms with Gasteiger partial charge in [-0.1, -0.05) is 18.2 Å². The maximum atomic E-state index is 12.0. The average Bonchev–Trinajstić information content (AvgIpc) is 2.68. The van der Waals surface area contributed by atoms with Gasteiger partial charge in [-0.3, -0.25) is 19.7 Å². The van der Waals surface area contributed by atoms with Crippen molar-refractivity contribution in [1.82, 2.24) is 0 Å². The molecule has 2 aromatic carbocycles. The summed E-state index contributed by atoms with van der Waals surface area (Å²) in [6.07, 6.45) is -0.00738. The molecule has 2 rings (SSSR count). The molecule has 0 saturated heterocycles. The zero-order valence-electron chi connectivity index (χ0n) is 15.5. The molecule has 0 radical (unpaired) electrons. The molecule has 9 nitrogen and oxygen atoms in total. The van der Waals surface area contributed by atoms with E-state index >= 15 is 0 Å². The fourth-order valence-corrected chi connectivity index (χ4v) is 2.29. The number of anilines is 1. The van der Waals surface area contributed by atoms with Gasteiger partial charge in [-0.05, 0) is 24.6 Å². The molecule has 0 aromatic heterocycles. The van der Waals surface area contributed by atoms with Crippen LogP contribution in [-0.4, -0.2) is 37.1 Å². The van der Waals surface area contributed by atoms with Crippen molar-refractivity contribution in [3.8, 4) is 11.5 Å². The van der Waals surface area contributed by atoms with Crippen LogP contribution in [0.4, 0.5) is 11.4 Å². The first-order valence-electron chi connectivity index (χ1n) is 8.37. The number of benzene rings is 2. The number of nitro groups is 1. The van der Waals surface area contributed by atoms with Crippen molar-refractivity contribution < 1.29 is 28.7 Å². The normalized spacial score (nSPS) is 10.1. The van der Waals surface area contributed by atoms with E-state index in [1.54, 1.807) is 19.1 Å². The Hall–Kier alpha value is -3.62. The van der Waals surface area contributed by atoms with Gasteiger partial charge in [-0.15, -0.1) is 0 Å². The Bertz CT molecular complexity index is 853. The summed E-state index contributed by atoms with van der Waals surface area (Å²) in [7, 11) is 1.29. The van der Waals surface area contributed by atoms with Crippen molar-refractivity contribution >= 4 is 23.3 Å². The molecule has 0 fully saturated rings. The maximum absolute atomic E-state index is 12.0. The molecule has 1 amide bonds. The topological polar surface area (TPSA) is 117 Å². The van der Waals surface area contributed by atoms with Crippen LogP contribution in [0.2, 0.25) is 0 Å². The van der Waals surface area contributed by atoms with Crippen LogP contribution in [0.3, 0.4) is 0 Å². The Morgan fingerprint density at radius 1 is 1.18 bits per heavy atom. The summed E-state index contributed by atoms with van der Waals surface area (Å²) in [4.78, 5) is 34.1. The molecular weight excluding hydrogens is 368 g/mol. The number of hydrogen-bond donors (Lipinski definition) is 1. The van der Waals surface area contributed by atoms with Gasteiger partial charge in [0.2, 0.25) is 0 Å². The third-order valence-corrected chi connectivity index (χ3v) is 3.68. The molecular formula is C19H20N2O7. The summed E-state index contributed by atoms with van der Waals surface area (Å²) < 4.78 is 15.3. The standard InChI is InChI=1S/C19H20N2O7/c1-13-10-16(21(24)25)17(26-2)11-15(13)20-18(22)12-28-19(23)8-9-27-14-6-4-3-5-7-14/h3-7,10-11H,8-9,12H2,1-2H3,(H,20,22). The van der Waals surface area contributed by atoms with Gasteiger partial charge in [0.1, 0.15) is 5.75 Å². The predicted octanol–water partition coefficient (Wildman–Crippen LogP) is 2.86. The van der Waals surface area contributed by atoms with Gasteiger partial charge in [-0.25, -0.2) is 0 Å². The van der Waals surface area contributed by atoms with E-state index in [0.29, 0.717) is 17.0 Å². The van der Waals surface area contributed by atoms with Crippen LogP contribution >= 0.6 is 0 Å². The Kier molecular flexibility index (Phi) is 7.32. The fourth-order valence-electron chi connectivity index (χ4n) is 2.29. The summed E-state index contributed by atoms with van der Waals surface area (Å²) >= 11 is 0. The molecule has 2 aromatic rings. The smallest absolute Gasteiger partial charge is 0.311 e. The number of para-hydroxylation sites is 1. The third-order valence-electron chi connectivity index (χ3n) is 3.68.